The first-order chi connectivity index (χ1) is 13.2. The highest BCUT2D eigenvalue weighted by atomic mass is 16.5. The molecular formula is C22H22N4O. The van der Waals surface area contributed by atoms with Crippen LogP contribution in [0.5, 0.6) is 5.88 Å². The molecule has 4 aromatic rings. The normalized spacial score (nSPS) is 19.3. The largest absolute Gasteiger partial charge is 0.474 e. The summed E-state index contributed by atoms with van der Waals surface area (Å²) in [7, 11) is 4.09. The minimum Gasteiger partial charge on any atom is -0.474 e. The van der Waals surface area contributed by atoms with Gasteiger partial charge >= 0.3 is 0 Å². The van der Waals surface area contributed by atoms with E-state index in [0.29, 0.717) is 11.9 Å². The number of aryl methyl sites for hydroxylation is 1. The SMILES string of the molecule is CN[C@H]1C[C@H](Oc2ccc(-c3ccc4c5cnccc5n(C)c4c3)cn2)C1. The predicted octanol–water partition coefficient (Wildman–Crippen LogP) is 3.92. The summed E-state index contributed by atoms with van der Waals surface area (Å²) in [5.74, 6) is 0.704. The van der Waals surface area contributed by atoms with Crippen LogP contribution in [0, 0.1) is 0 Å². The number of benzene rings is 1. The van der Waals surface area contributed by atoms with E-state index in [1.807, 2.05) is 31.7 Å². The molecule has 0 unspecified atom stereocenters. The number of nitrogens with one attached hydrogen (secondary N) is 1. The van der Waals surface area contributed by atoms with E-state index in [1.54, 1.807) is 0 Å². The van der Waals surface area contributed by atoms with Crippen LogP contribution in [0.2, 0.25) is 0 Å². The molecule has 0 atom stereocenters. The lowest BCUT2D eigenvalue weighted by Crippen LogP contribution is -2.45. The van der Waals surface area contributed by atoms with Crippen molar-refractivity contribution in [3.05, 3.63) is 55.0 Å². The lowest BCUT2D eigenvalue weighted by molar-refractivity contribution is 0.0839. The van der Waals surface area contributed by atoms with Gasteiger partial charge in [-0.2, -0.15) is 0 Å². The third-order valence-corrected chi connectivity index (χ3v) is 5.67. The van der Waals surface area contributed by atoms with Crippen LogP contribution in [0.15, 0.2) is 55.0 Å². The number of nitrogens with zero attached hydrogens (tertiary/aromatic N) is 3. The van der Waals surface area contributed by atoms with Crippen molar-refractivity contribution in [2.24, 2.45) is 7.05 Å². The molecule has 1 aliphatic rings. The quantitative estimate of drug-likeness (QED) is 0.601. The lowest BCUT2D eigenvalue weighted by Gasteiger charge is -2.34. The summed E-state index contributed by atoms with van der Waals surface area (Å²) in [5.41, 5.74) is 4.64. The fraction of sp³-hybridized carbons (Fsp3) is 0.273. The maximum absolute atomic E-state index is 5.94. The number of ether oxygens (including phenoxy) is 1. The molecule has 0 aliphatic heterocycles. The molecule has 136 valence electrons. The van der Waals surface area contributed by atoms with Gasteiger partial charge < -0.3 is 14.6 Å². The minimum atomic E-state index is 0.279. The number of pyridine rings is 2. The zero-order valence-corrected chi connectivity index (χ0v) is 15.5. The first kappa shape index (κ1) is 16.3. The number of hydrogen-bond acceptors (Lipinski definition) is 4. The molecule has 3 heterocycles. The molecule has 1 N–H and O–H groups in total. The van der Waals surface area contributed by atoms with Gasteiger partial charge in [0.1, 0.15) is 6.10 Å². The summed E-state index contributed by atoms with van der Waals surface area (Å²) < 4.78 is 8.16. The Hall–Kier alpha value is -2.92. The molecule has 0 amide bonds. The predicted molar refractivity (Wildman–Crippen MR) is 108 cm³/mol. The van der Waals surface area contributed by atoms with E-state index in [-0.39, 0.29) is 6.10 Å². The maximum Gasteiger partial charge on any atom is 0.213 e. The molecule has 27 heavy (non-hydrogen) atoms. The highest BCUT2D eigenvalue weighted by Gasteiger charge is 2.29. The molecule has 1 aliphatic carbocycles. The molecule has 0 saturated heterocycles. The third-order valence-electron chi connectivity index (χ3n) is 5.67. The van der Waals surface area contributed by atoms with Gasteiger partial charge in [0, 0.05) is 59.6 Å². The van der Waals surface area contributed by atoms with Crippen molar-refractivity contribution in [3.63, 3.8) is 0 Å². The van der Waals surface area contributed by atoms with E-state index in [0.717, 1.165) is 24.0 Å². The Morgan fingerprint density at radius 2 is 1.85 bits per heavy atom. The van der Waals surface area contributed by atoms with E-state index in [9.17, 15) is 0 Å². The average Bonchev–Trinajstić information content (AvgIpc) is 2.97. The smallest absolute Gasteiger partial charge is 0.213 e. The first-order valence-corrected chi connectivity index (χ1v) is 9.35. The molecule has 5 nitrogen and oxygen atoms in total. The third kappa shape index (κ3) is 2.75. The minimum absolute atomic E-state index is 0.279. The second-order valence-electron chi connectivity index (χ2n) is 7.27. The number of hydrogen-bond donors (Lipinski definition) is 1. The second-order valence-corrected chi connectivity index (χ2v) is 7.27. The van der Waals surface area contributed by atoms with Crippen molar-refractivity contribution in [2.75, 3.05) is 7.05 Å². The van der Waals surface area contributed by atoms with Gasteiger partial charge in [0.05, 0.1) is 5.52 Å². The van der Waals surface area contributed by atoms with Crippen LogP contribution >= 0.6 is 0 Å². The Balaban J connectivity index is 1.43. The zero-order valence-electron chi connectivity index (χ0n) is 15.5. The van der Waals surface area contributed by atoms with Gasteiger partial charge in [0.2, 0.25) is 5.88 Å². The summed E-state index contributed by atoms with van der Waals surface area (Å²) in [6.07, 6.45) is 8.05. The Bertz CT molecular complexity index is 1110. The van der Waals surface area contributed by atoms with Crippen LogP contribution in [-0.2, 0) is 7.05 Å². The van der Waals surface area contributed by atoms with Crippen molar-refractivity contribution in [1.82, 2.24) is 19.9 Å². The summed E-state index contributed by atoms with van der Waals surface area (Å²) in [6.45, 7) is 0. The number of fused-ring (bicyclic) bond motifs is 3. The summed E-state index contributed by atoms with van der Waals surface area (Å²) in [6, 6.07) is 13.2. The molecule has 1 aromatic carbocycles. The Labute approximate surface area is 158 Å². The van der Waals surface area contributed by atoms with Crippen LogP contribution in [-0.4, -0.2) is 33.7 Å². The van der Waals surface area contributed by atoms with E-state index in [1.165, 1.54) is 21.8 Å². The topological polar surface area (TPSA) is 52.0 Å². The molecule has 0 bridgehead atoms. The van der Waals surface area contributed by atoms with Crippen molar-refractivity contribution in [2.45, 2.75) is 25.0 Å². The molecule has 0 radical (unpaired) electrons. The van der Waals surface area contributed by atoms with Crippen LogP contribution in [0.3, 0.4) is 0 Å². The van der Waals surface area contributed by atoms with Crippen molar-refractivity contribution in [1.29, 1.82) is 0 Å². The molecule has 0 spiro atoms. The van der Waals surface area contributed by atoms with E-state index in [2.05, 4.69) is 57.2 Å². The van der Waals surface area contributed by atoms with Gasteiger partial charge in [0.15, 0.2) is 0 Å². The Morgan fingerprint density at radius 3 is 2.63 bits per heavy atom. The summed E-state index contributed by atoms with van der Waals surface area (Å²) >= 11 is 0. The summed E-state index contributed by atoms with van der Waals surface area (Å²) in [5, 5.41) is 5.68. The second kappa shape index (κ2) is 6.35. The van der Waals surface area contributed by atoms with Crippen LogP contribution in [0.4, 0.5) is 0 Å². The number of rotatable bonds is 4. The molecule has 5 rings (SSSR count). The van der Waals surface area contributed by atoms with Gasteiger partial charge in [0.25, 0.3) is 0 Å². The van der Waals surface area contributed by atoms with Gasteiger partial charge in [-0.25, -0.2) is 4.98 Å². The Kier molecular flexibility index (Phi) is 3.83. The molecule has 1 saturated carbocycles. The maximum atomic E-state index is 5.94. The van der Waals surface area contributed by atoms with Crippen molar-refractivity contribution in [3.8, 4) is 17.0 Å². The Morgan fingerprint density at radius 1 is 1.00 bits per heavy atom. The van der Waals surface area contributed by atoms with Gasteiger partial charge in [-0.3, -0.25) is 4.98 Å². The van der Waals surface area contributed by atoms with E-state index in [4.69, 9.17) is 4.74 Å². The zero-order chi connectivity index (χ0) is 18.4. The van der Waals surface area contributed by atoms with Crippen molar-refractivity contribution >= 4 is 21.8 Å². The molecule has 5 heteroatoms. The molecule has 3 aromatic heterocycles. The molecular weight excluding hydrogens is 336 g/mol. The highest BCUT2D eigenvalue weighted by Crippen LogP contribution is 2.32. The fourth-order valence-corrected chi connectivity index (χ4v) is 3.92. The van der Waals surface area contributed by atoms with Crippen LogP contribution < -0.4 is 10.1 Å². The van der Waals surface area contributed by atoms with E-state index >= 15 is 0 Å². The fourth-order valence-electron chi connectivity index (χ4n) is 3.92. The average molecular weight is 358 g/mol. The highest BCUT2D eigenvalue weighted by molar-refractivity contribution is 6.08. The van der Waals surface area contributed by atoms with Gasteiger partial charge in [-0.05, 0) is 43.7 Å². The molecule has 1 fully saturated rings. The van der Waals surface area contributed by atoms with Crippen LogP contribution in [0.25, 0.3) is 32.9 Å². The van der Waals surface area contributed by atoms with Gasteiger partial charge in [-0.1, -0.05) is 12.1 Å². The van der Waals surface area contributed by atoms with Crippen LogP contribution in [0.1, 0.15) is 12.8 Å². The standard InChI is InChI=1S/C22H22N4O/c1-23-16-10-17(11-16)27-22-6-4-15(12-25-22)14-3-5-18-19-13-24-8-7-20(19)26(2)21(18)9-14/h3-9,12-13,16-17,23H,10-11H2,1-2H3/t16-,17-. The summed E-state index contributed by atoms with van der Waals surface area (Å²) in [4.78, 5) is 8.78. The van der Waals surface area contributed by atoms with Crippen molar-refractivity contribution < 1.29 is 4.74 Å². The van der Waals surface area contributed by atoms with E-state index < -0.39 is 0 Å². The monoisotopic (exact) mass is 358 g/mol. The lowest BCUT2D eigenvalue weighted by atomic mass is 9.89. The first-order valence-electron chi connectivity index (χ1n) is 9.35. The van der Waals surface area contributed by atoms with Gasteiger partial charge in [-0.15, -0.1) is 0 Å². The number of aromatic nitrogens is 3.